The smallest absolute Gasteiger partial charge is 0.187 e. The van der Waals surface area contributed by atoms with Crippen molar-refractivity contribution in [2.45, 2.75) is 25.5 Å². The summed E-state index contributed by atoms with van der Waals surface area (Å²) in [5.41, 5.74) is 2.59. The molecule has 0 saturated carbocycles. The summed E-state index contributed by atoms with van der Waals surface area (Å²) in [6, 6.07) is 16.8. The van der Waals surface area contributed by atoms with Crippen LogP contribution in [0.15, 0.2) is 60.7 Å². The number of fused-ring (bicyclic) bond motifs is 1. The first kappa shape index (κ1) is 14.5. The summed E-state index contributed by atoms with van der Waals surface area (Å²) in [6.07, 6.45) is 0.995. The Kier molecular flexibility index (Phi) is 3.59. The van der Waals surface area contributed by atoms with Crippen LogP contribution in [-0.4, -0.2) is 16.4 Å². The molecule has 0 aliphatic carbocycles. The molecule has 0 fully saturated rings. The number of hydrogen-bond acceptors (Lipinski definition) is 3. The van der Waals surface area contributed by atoms with Gasteiger partial charge in [0.05, 0.1) is 5.54 Å². The Hall–Kier alpha value is -2.39. The van der Waals surface area contributed by atoms with Crippen molar-refractivity contribution < 1.29 is 9.90 Å². The van der Waals surface area contributed by atoms with E-state index in [1.54, 1.807) is 18.2 Å². The summed E-state index contributed by atoms with van der Waals surface area (Å²) < 4.78 is 0. The third-order valence-electron chi connectivity index (χ3n) is 4.02. The van der Waals surface area contributed by atoms with Crippen molar-refractivity contribution >= 4 is 11.5 Å². The van der Waals surface area contributed by atoms with Gasteiger partial charge in [-0.15, -0.1) is 0 Å². The van der Waals surface area contributed by atoms with Gasteiger partial charge in [0.25, 0.3) is 0 Å². The second-order valence-corrected chi connectivity index (χ2v) is 6.12. The monoisotopic (exact) mass is 293 g/mol. The summed E-state index contributed by atoms with van der Waals surface area (Å²) >= 11 is 0. The van der Waals surface area contributed by atoms with E-state index in [4.69, 9.17) is 0 Å². The van der Waals surface area contributed by atoms with Gasteiger partial charge in [0.15, 0.2) is 5.78 Å². The van der Waals surface area contributed by atoms with Crippen LogP contribution in [0.1, 0.15) is 41.4 Å². The topological polar surface area (TPSA) is 49.3 Å². The van der Waals surface area contributed by atoms with Crippen molar-refractivity contribution in [3.05, 3.63) is 77.4 Å². The Labute approximate surface area is 130 Å². The van der Waals surface area contributed by atoms with E-state index in [2.05, 4.69) is 5.32 Å². The Morgan fingerprint density at radius 2 is 1.73 bits per heavy atom. The summed E-state index contributed by atoms with van der Waals surface area (Å²) in [5, 5.41) is 13.8. The molecule has 0 bridgehead atoms. The number of carbonyl (C=O) groups excluding carboxylic acids is 1. The predicted octanol–water partition coefficient (Wildman–Crippen LogP) is 3.33. The minimum Gasteiger partial charge on any atom is -0.386 e. The molecular formula is C19H19NO2. The van der Waals surface area contributed by atoms with E-state index in [1.165, 1.54) is 0 Å². The molecule has 2 aromatic rings. The molecule has 3 nitrogen and oxygen atoms in total. The van der Waals surface area contributed by atoms with E-state index in [0.29, 0.717) is 5.56 Å². The molecular weight excluding hydrogens is 274 g/mol. The highest BCUT2D eigenvalue weighted by Gasteiger charge is 2.36. The van der Waals surface area contributed by atoms with Gasteiger partial charge in [0.1, 0.15) is 6.10 Å². The Bertz CT molecular complexity index is 732. The third-order valence-corrected chi connectivity index (χ3v) is 4.02. The van der Waals surface area contributed by atoms with Gasteiger partial charge in [0, 0.05) is 22.9 Å². The lowest BCUT2D eigenvalue weighted by molar-refractivity contribution is 0.0853. The van der Waals surface area contributed by atoms with Gasteiger partial charge >= 0.3 is 0 Å². The number of carbonyl (C=O) groups is 1. The minimum atomic E-state index is -0.618. The predicted molar refractivity (Wildman–Crippen MR) is 87.4 cm³/mol. The molecule has 1 unspecified atom stereocenters. The Morgan fingerprint density at radius 3 is 2.45 bits per heavy atom. The number of aliphatic hydroxyl groups is 1. The molecule has 0 radical (unpaired) electrons. The fourth-order valence-corrected chi connectivity index (χ4v) is 2.78. The van der Waals surface area contributed by atoms with Crippen LogP contribution in [-0.2, 0) is 0 Å². The summed E-state index contributed by atoms with van der Waals surface area (Å²) in [5.74, 6) is -0.0508. The Balaban J connectivity index is 2.05. The minimum absolute atomic E-state index is 0.0508. The first-order chi connectivity index (χ1) is 10.5. The van der Waals surface area contributed by atoms with Crippen molar-refractivity contribution in [3.63, 3.8) is 0 Å². The van der Waals surface area contributed by atoms with E-state index in [1.807, 2.05) is 56.3 Å². The van der Waals surface area contributed by atoms with Gasteiger partial charge < -0.3 is 10.4 Å². The lowest BCUT2D eigenvalue weighted by Gasteiger charge is -2.40. The normalized spacial score (nSPS) is 21.0. The lowest BCUT2D eigenvalue weighted by atomic mass is 9.83. The number of hydrogen-bond donors (Lipinski definition) is 2. The van der Waals surface area contributed by atoms with Crippen molar-refractivity contribution in [1.82, 2.24) is 5.32 Å². The molecule has 3 heteroatoms. The zero-order chi connectivity index (χ0) is 15.7. The highest BCUT2D eigenvalue weighted by Crippen LogP contribution is 2.37. The molecule has 0 amide bonds. The van der Waals surface area contributed by atoms with E-state index < -0.39 is 11.6 Å². The molecule has 1 aliphatic rings. The van der Waals surface area contributed by atoms with Gasteiger partial charge in [-0.05, 0) is 19.4 Å². The van der Waals surface area contributed by atoms with Crippen LogP contribution in [0.25, 0.3) is 5.70 Å². The van der Waals surface area contributed by atoms with Crippen LogP contribution in [0, 0.1) is 0 Å². The van der Waals surface area contributed by atoms with Crippen LogP contribution in [0.5, 0.6) is 0 Å². The van der Waals surface area contributed by atoms with Gasteiger partial charge in [-0.3, -0.25) is 4.79 Å². The van der Waals surface area contributed by atoms with Gasteiger partial charge in [-0.1, -0.05) is 54.6 Å². The van der Waals surface area contributed by atoms with Crippen LogP contribution in [0.3, 0.4) is 0 Å². The van der Waals surface area contributed by atoms with Crippen LogP contribution >= 0.6 is 0 Å². The number of aliphatic hydroxyl groups excluding tert-OH is 1. The first-order valence-corrected chi connectivity index (χ1v) is 7.36. The molecule has 1 aliphatic heterocycles. The van der Waals surface area contributed by atoms with E-state index >= 15 is 0 Å². The number of allylic oxidation sites excluding steroid dienone is 1. The number of benzene rings is 2. The molecule has 112 valence electrons. The molecule has 0 spiro atoms. The molecule has 0 saturated heterocycles. The van der Waals surface area contributed by atoms with Crippen LogP contribution in [0.4, 0.5) is 0 Å². The van der Waals surface area contributed by atoms with Gasteiger partial charge in [0.2, 0.25) is 0 Å². The van der Waals surface area contributed by atoms with Crippen molar-refractivity contribution in [1.29, 1.82) is 0 Å². The molecule has 3 rings (SSSR count). The highest BCUT2D eigenvalue weighted by atomic mass is 16.3. The average Bonchev–Trinajstić information content (AvgIpc) is 2.53. The number of ketones is 1. The SMILES string of the molecule is CC1(C)N/C(=C\C(=O)c2ccccc2)c2ccccc2C1O. The maximum absolute atomic E-state index is 12.4. The molecule has 1 atom stereocenters. The molecule has 2 N–H and O–H groups in total. The van der Waals surface area contributed by atoms with Gasteiger partial charge in [-0.25, -0.2) is 0 Å². The Morgan fingerprint density at radius 1 is 1.09 bits per heavy atom. The summed E-state index contributed by atoms with van der Waals surface area (Å²) in [4.78, 5) is 12.4. The molecule has 0 aromatic heterocycles. The van der Waals surface area contributed by atoms with Crippen LogP contribution in [0.2, 0.25) is 0 Å². The fraction of sp³-hybridized carbons (Fsp3) is 0.211. The average molecular weight is 293 g/mol. The van der Waals surface area contributed by atoms with E-state index in [9.17, 15) is 9.90 Å². The third kappa shape index (κ3) is 2.55. The summed E-state index contributed by atoms with van der Waals surface area (Å²) in [6.45, 7) is 3.85. The van der Waals surface area contributed by atoms with Crippen molar-refractivity contribution in [2.75, 3.05) is 0 Å². The number of nitrogens with one attached hydrogen (secondary N) is 1. The zero-order valence-electron chi connectivity index (χ0n) is 12.7. The van der Waals surface area contributed by atoms with E-state index in [0.717, 1.165) is 16.8 Å². The highest BCUT2D eigenvalue weighted by molar-refractivity contribution is 6.08. The first-order valence-electron chi connectivity index (χ1n) is 7.36. The van der Waals surface area contributed by atoms with Gasteiger partial charge in [-0.2, -0.15) is 0 Å². The van der Waals surface area contributed by atoms with Crippen molar-refractivity contribution in [3.8, 4) is 0 Å². The second kappa shape index (κ2) is 5.43. The quantitative estimate of drug-likeness (QED) is 0.659. The van der Waals surface area contributed by atoms with E-state index in [-0.39, 0.29) is 5.78 Å². The number of rotatable bonds is 2. The zero-order valence-corrected chi connectivity index (χ0v) is 12.7. The van der Waals surface area contributed by atoms with Crippen molar-refractivity contribution in [2.24, 2.45) is 0 Å². The molecule has 2 aromatic carbocycles. The maximum atomic E-state index is 12.4. The second-order valence-electron chi connectivity index (χ2n) is 6.12. The largest absolute Gasteiger partial charge is 0.386 e. The summed E-state index contributed by atoms with van der Waals surface area (Å²) in [7, 11) is 0. The maximum Gasteiger partial charge on any atom is 0.187 e. The molecule has 1 heterocycles. The lowest BCUT2D eigenvalue weighted by Crippen LogP contribution is -2.47. The fourth-order valence-electron chi connectivity index (χ4n) is 2.78. The van der Waals surface area contributed by atoms with Crippen LogP contribution < -0.4 is 5.32 Å². The molecule has 22 heavy (non-hydrogen) atoms. The standard InChI is InChI=1S/C19H19NO2/c1-19(2)18(22)15-11-7-6-10-14(15)16(20-19)12-17(21)13-8-4-3-5-9-13/h3-12,18,20,22H,1-2H3/b16-12-.